The van der Waals surface area contributed by atoms with Crippen molar-refractivity contribution in [1.82, 2.24) is 10.6 Å². The lowest BCUT2D eigenvalue weighted by molar-refractivity contribution is -0.123. The van der Waals surface area contributed by atoms with Crippen LogP contribution in [0.2, 0.25) is 5.02 Å². The van der Waals surface area contributed by atoms with E-state index in [1.165, 1.54) is 6.07 Å². The number of urea groups is 1. The molecule has 0 atom stereocenters. The fourth-order valence-corrected chi connectivity index (χ4v) is 2.65. The van der Waals surface area contributed by atoms with Crippen molar-refractivity contribution in [3.63, 3.8) is 0 Å². The number of hydrogen-bond donors (Lipinski definition) is 2. The zero-order valence-electron chi connectivity index (χ0n) is 12.9. The highest BCUT2D eigenvalue weighted by molar-refractivity contribution is 6.30. The lowest BCUT2D eigenvalue weighted by Gasteiger charge is -2.22. The summed E-state index contributed by atoms with van der Waals surface area (Å²) in [7, 11) is 0. The summed E-state index contributed by atoms with van der Waals surface area (Å²) >= 11 is 5.59. The van der Waals surface area contributed by atoms with Crippen molar-refractivity contribution in [1.29, 1.82) is 0 Å². The minimum atomic E-state index is -1.01. The number of halogens is 2. The highest BCUT2D eigenvalue weighted by Gasteiger charge is 2.19. The van der Waals surface area contributed by atoms with Gasteiger partial charge in [0.1, 0.15) is 5.82 Å². The molecule has 0 aliphatic heterocycles. The predicted molar refractivity (Wildman–Crippen MR) is 85.2 cm³/mol. The molecular formula is C16H18ClFN2O4. The van der Waals surface area contributed by atoms with Crippen LogP contribution in [0.1, 0.15) is 42.5 Å². The maximum Gasteiger partial charge on any atom is 0.341 e. The third kappa shape index (κ3) is 5.49. The standard InChI is InChI=1S/C16H18ClFN2O4/c17-10-6-7-12(13(18)8-10)15(22)24-9-14(21)20-16(23)19-11-4-2-1-3-5-11/h6-8,11H,1-5,9H2,(H2,19,20,21,23). The number of carbonyl (C=O) groups excluding carboxylic acids is 3. The Hall–Kier alpha value is -2.15. The van der Waals surface area contributed by atoms with Crippen molar-refractivity contribution < 1.29 is 23.5 Å². The molecule has 0 radical (unpaired) electrons. The van der Waals surface area contributed by atoms with E-state index in [0.29, 0.717) is 0 Å². The number of imide groups is 1. The van der Waals surface area contributed by atoms with E-state index in [1.54, 1.807) is 0 Å². The van der Waals surface area contributed by atoms with Crippen molar-refractivity contribution >= 4 is 29.5 Å². The molecule has 6 nitrogen and oxygen atoms in total. The molecule has 0 unspecified atom stereocenters. The van der Waals surface area contributed by atoms with Crippen LogP contribution in [0.4, 0.5) is 9.18 Å². The first-order chi connectivity index (χ1) is 11.5. The second-order valence-corrected chi connectivity index (χ2v) is 5.99. The van der Waals surface area contributed by atoms with E-state index in [1.807, 2.05) is 0 Å². The van der Waals surface area contributed by atoms with E-state index in [2.05, 4.69) is 15.4 Å². The predicted octanol–water partition coefficient (Wildman–Crippen LogP) is 2.79. The Morgan fingerprint density at radius 1 is 1.21 bits per heavy atom. The molecule has 1 saturated carbocycles. The zero-order valence-corrected chi connectivity index (χ0v) is 13.7. The van der Waals surface area contributed by atoms with Crippen LogP contribution in [0.15, 0.2) is 18.2 Å². The molecule has 24 heavy (non-hydrogen) atoms. The first-order valence-corrected chi connectivity index (χ1v) is 8.06. The second-order valence-electron chi connectivity index (χ2n) is 5.56. The zero-order chi connectivity index (χ0) is 17.5. The number of amides is 3. The summed E-state index contributed by atoms with van der Waals surface area (Å²) in [6.45, 7) is -0.682. The third-order valence-electron chi connectivity index (χ3n) is 3.68. The SMILES string of the molecule is O=C(COC(=O)c1ccc(Cl)cc1F)NC(=O)NC1CCCCC1. The summed E-state index contributed by atoms with van der Waals surface area (Å²) in [5.74, 6) is -2.64. The Labute approximate surface area is 143 Å². The van der Waals surface area contributed by atoms with Gasteiger partial charge < -0.3 is 10.1 Å². The first-order valence-electron chi connectivity index (χ1n) is 7.68. The molecule has 1 aliphatic rings. The average Bonchev–Trinajstić information content (AvgIpc) is 2.53. The maximum absolute atomic E-state index is 13.5. The molecule has 0 heterocycles. The molecule has 8 heteroatoms. The van der Waals surface area contributed by atoms with Crippen molar-refractivity contribution in [3.8, 4) is 0 Å². The first kappa shape index (κ1) is 18.2. The van der Waals surface area contributed by atoms with Gasteiger partial charge in [0.15, 0.2) is 6.61 Å². The van der Waals surface area contributed by atoms with E-state index in [9.17, 15) is 18.8 Å². The normalized spacial score (nSPS) is 14.8. The molecule has 1 aromatic carbocycles. The molecule has 130 valence electrons. The smallest absolute Gasteiger partial charge is 0.341 e. The van der Waals surface area contributed by atoms with Gasteiger partial charge in [-0.15, -0.1) is 0 Å². The van der Waals surface area contributed by atoms with Crippen molar-refractivity contribution in [2.75, 3.05) is 6.61 Å². The molecule has 3 amide bonds. The lowest BCUT2D eigenvalue weighted by atomic mass is 9.96. The fourth-order valence-electron chi connectivity index (χ4n) is 2.49. The molecule has 2 N–H and O–H groups in total. The van der Waals surface area contributed by atoms with Crippen LogP contribution in [-0.2, 0) is 9.53 Å². The lowest BCUT2D eigenvalue weighted by Crippen LogP contribution is -2.46. The summed E-state index contributed by atoms with van der Waals surface area (Å²) in [4.78, 5) is 35.0. The van der Waals surface area contributed by atoms with Crippen molar-refractivity contribution in [3.05, 3.63) is 34.6 Å². The Balaban J connectivity index is 1.75. The summed E-state index contributed by atoms with van der Waals surface area (Å²) in [5, 5.41) is 4.92. The van der Waals surface area contributed by atoms with Crippen molar-refractivity contribution in [2.24, 2.45) is 0 Å². The minimum Gasteiger partial charge on any atom is -0.452 e. The quantitative estimate of drug-likeness (QED) is 0.812. The number of rotatable bonds is 4. The van der Waals surface area contributed by atoms with Gasteiger partial charge in [-0.05, 0) is 31.0 Å². The third-order valence-corrected chi connectivity index (χ3v) is 3.91. The molecule has 1 aromatic rings. The number of nitrogens with one attached hydrogen (secondary N) is 2. The molecule has 0 aromatic heterocycles. The highest BCUT2D eigenvalue weighted by atomic mass is 35.5. The highest BCUT2D eigenvalue weighted by Crippen LogP contribution is 2.17. The molecule has 1 aliphatic carbocycles. The van der Waals surface area contributed by atoms with Crippen LogP contribution in [-0.4, -0.2) is 30.6 Å². The monoisotopic (exact) mass is 356 g/mol. The van der Waals surface area contributed by atoms with Crippen LogP contribution in [0.25, 0.3) is 0 Å². The summed E-state index contributed by atoms with van der Waals surface area (Å²) in [6.07, 6.45) is 5.00. The number of benzene rings is 1. The molecule has 2 rings (SSSR count). The van der Waals surface area contributed by atoms with E-state index >= 15 is 0 Å². The Kier molecular flexibility index (Phi) is 6.54. The van der Waals surface area contributed by atoms with Crippen LogP contribution < -0.4 is 10.6 Å². The van der Waals surface area contributed by atoms with Crippen LogP contribution >= 0.6 is 11.6 Å². The van der Waals surface area contributed by atoms with Gasteiger partial charge in [-0.25, -0.2) is 14.0 Å². The number of esters is 1. The van der Waals surface area contributed by atoms with Gasteiger partial charge in [0.2, 0.25) is 0 Å². The molecule has 0 spiro atoms. The van der Waals surface area contributed by atoms with E-state index in [0.717, 1.165) is 44.2 Å². The van der Waals surface area contributed by atoms with Crippen LogP contribution in [0.3, 0.4) is 0 Å². The molecule has 0 saturated heterocycles. The minimum absolute atomic E-state index is 0.0530. The number of ether oxygens (including phenoxy) is 1. The Morgan fingerprint density at radius 3 is 2.58 bits per heavy atom. The van der Waals surface area contributed by atoms with E-state index < -0.39 is 30.3 Å². The number of carbonyl (C=O) groups is 3. The van der Waals surface area contributed by atoms with Gasteiger partial charge in [-0.3, -0.25) is 10.1 Å². The number of hydrogen-bond acceptors (Lipinski definition) is 4. The fraction of sp³-hybridized carbons (Fsp3) is 0.438. The second kappa shape index (κ2) is 8.63. The van der Waals surface area contributed by atoms with E-state index in [4.69, 9.17) is 11.6 Å². The summed E-state index contributed by atoms with van der Waals surface area (Å²) in [6, 6.07) is 2.89. The van der Waals surface area contributed by atoms with Crippen molar-refractivity contribution in [2.45, 2.75) is 38.1 Å². The van der Waals surface area contributed by atoms with Crippen LogP contribution in [0, 0.1) is 5.82 Å². The van der Waals surface area contributed by atoms with Crippen LogP contribution in [0.5, 0.6) is 0 Å². The maximum atomic E-state index is 13.5. The van der Waals surface area contributed by atoms with Gasteiger partial charge in [-0.2, -0.15) is 0 Å². The van der Waals surface area contributed by atoms with Gasteiger partial charge in [0.05, 0.1) is 5.56 Å². The molecule has 0 bridgehead atoms. The summed E-state index contributed by atoms with van der Waals surface area (Å²) in [5.41, 5.74) is -0.334. The Bertz CT molecular complexity index is 633. The van der Waals surface area contributed by atoms with Gasteiger partial charge in [0.25, 0.3) is 5.91 Å². The Morgan fingerprint density at radius 2 is 1.92 bits per heavy atom. The average molecular weight is 357 g/mol. The van der Waals surface area contributed by atoms with Gasteiger partial charge in [-0.1, -0.05) is 30.9 Å². The summed E-state index contributed by atoms with van der Waals surface area (Å²) < 4.78 is 18.2. The topological polar surface area (TPSA) is 84.5 Å². The van der Waals surface area contributed by atoms with Gasteiger partial charge in [0, 0.05) is 11.1 Å². The van der Waals surface area contributed by atoms with Gasteiger partial charge >= 0.3 is 12.0 Å². The largest absolute Gasteiger partial charge is 0.452 e. The van der Waals surface area contributed by atoms with E-state index in [-0.39, 0.29) is 16.6 Å². The molecule has 1 fully saturated rings. The molecular weight excluding hydrogens is 339 g/mol.